The highest BCUT2D eigenvalue weighted by Gasteiger charge is 2.40. The minimum absolute atomic E-state index is 0.0316. The van der Waals surface area contributed by atoms with Crippen LogP contribution in [0.15, 0.2) is 72.8 Å². The Morgan fingerprint density at radius 3 is 1.70 bits per heavy atom. The molecule has 1 aliphatic carbocycles. The molecule has 0 unspecified atom stereocenters. The summed E-state index contributed by atoms with van der Waals surface area (Å²) >= 11 is 2.66. The second-order valence-electron chi connectivity index (χ2n) is 16.0. The van der Waals surface area contributed by atoms with Crippen LogP contribution in [-0.4, -0.2) is 118 Å². The lowest BCUT2D eigenvalue weighted by Crippen LogP contribution is -2.55. The first-order chi connectivity index (χ1) is 30.6. The molecule has 1 N–H and O–H groups in total. The second-order valence-corrected chi connectivity index (χ2v) is 18.1. The van der Waals surface area contributed by atoms with Crippen LogP contribution < -0.4 is 10.2 Å². The Labute approximate surface area is 378 Å². The lowest BCUT2D eigenvalue weighted by atomic mass is 9.82. The molecule has 0 bridgehead atoms. The number of hydrogen-bond donors (Lipinski definition) is 1. The number of carbonyl (C=O) groups excluding carboxylic acids is 5. The van der Waals surface area contributed by atoms with Gasteiger partial charge in [0.2, 0.25) is 17.7 Å². The van der Waals surface area contributed by atoms with Crippen LogP contribution in [0.3, 0.4) is 0 Å². The molecule has 4 heterocycles. The largest absolute Gasteiger partial charge is 0.465 e. The maximum absolute atomic E-state index is 14.2. The number of carbonyl (C=O) groups is 5. The summed E-state index contributed by atoms with van der Waals surface area (Å²) in [6.45, 7) is 10.4. The molecule has 2 aromatic heterocycles. The fourth-order valence-corrected chi connectivity index (χ4v) is 10.3. The average Bonchev–Trinajstić information content (AvgIpc) is 3.98. The first-order valence-corrected chi connectivity index (χ1v) is 23.6. The van der Waals surface area contributed by atoms with Gasteiger partial charge in [-0.15, -0.1) is 22.7 Å². The molecule has 338 valence electrons. The second kappa shape index (κ2) is 23.0. The van der Waals surface area contributed by atoms with Crippen molar-refractivity contribution in [3.05, 3.63) is 82.6 Å². The van der Waals surface area contributed by atoms with Crippen molar-refractivity contribution in [3.63, 3.8) is 0 Å². The van der Waals surface area contributed by atoms with Crippen LogP contribution in [0.5, 0.6) is 0 Å². The van der Waals surface area contributed by atoms with Crippen molar-refractivity contribution in [2.75, 3.05) is 77.0 Å². The predicted molar refractivity (Wildman–Crippen MR) is 247 cm³/mol. The molecule has 0 spiro atoms. The Kier molecular flexibility index (Phi) is 17.3. The molecule has 3 aliphatic rings. The van der Waals surface area contributed by atoms with Crippen LogP contribution in [-0.2, 0) is 33.3 Å². The zero-order valence-electron chi connectivity index (χ0n) is 37.0. The van der Waals surface area contributed by atoms with Crippen LogP contribution in [0, 0.1) is 11.8 Å². The number of benzene rings is 2. The maximum Gasteiger partial charge on any atom is 0.350 e. The number of esters is 2. The maximum atomic E-state index is 14.2. The van der Waals surface area contributed by atoms with Crippen LogP contribution in [0.2, 0.25) is 0 Å². The molecule has 15 heteroatoms. The number of rotatable bonds is 13. The smallest absolute Gasteiger partial charge is 0.350 e. The lowest BCUT2D eigenvalue weighted by Gasteiger charge is -2.38. The van der Waals surface area contributed by atoms with Gasteiger partial charge in [0.1, 0.15) is 21.8 Å². The van der Waals surface area contributed by atoms with E-state index >= 15 is 0 Å². The number of nitrogens with one attached hydrogen (secondary N) is 1. The highest BCUT2D eigenvalue weighted by Crippen LogP contribution is 2.41. The van der Waals surface area contributed by atoms with Crippen molar-refractivity contribution in [1.29, 1.82) is 0 Å². The molecule has 13 nitrogen and oxygen atoms in total. The van der Waals surface area contributed by atoms with Gasteiger partial charge in [-0.25, -0.2) is 9.59 Å². The number of methoxy groups -OCH3 is 2. The topological polar surface area (TPSA) is 144 Å². The fourth-order valence-electron chi connectivity index (χ4n) is 8.17. The number of anilines is 2. The third kappa shape index (κ3) is 11.7. The Hall–Kier alpha value is -5.09. The Morgan fingerprint density at radius 1 is 0.698 bits per heavy atom. The number of hydrogen-bond acceptors (Lipinski definition) is 12. The Bertz CT molecular complexity index is 2140. The number of thiophene rings is 2. The molecular weight excluding hydrogens is 841 g/mol. The van der Waals surface area contributed by atoms with E-state index in [4.69, 9.17) is 18.9 Å². The molecule has 0 radical (unpaired) electrons. The Balaban J connectivity index is 0.000000219. The van der Waals surface area contributed by atoms with Gasteiger partial charge < -0.3 is 34.1 Å². The van der Waals surface area contributed by atoms with Gasteiger partial charge in [0.05, 0.1) is 52.0 Å². The van der Waals surface area contributed by atoms with Crippen molar-refractivity contribution in [1.82, 2.24) is 9.80 Å². The van der Waals surface area contributed by atoms with E-state index in [1.54, 1.807) is 9.80 Å². The van der Waals surface area contributed by atoms with E-state index in [-0.39, 0.29) is 23.6 Å². The monoisotopic (exact) mass is 900 g/mol. The zero-order chi connectivity index (χ0) is 44.9. The Morgan fingerprint density at radius 2 is 1.19 bits per heavy atom. The zero-order valence-corrected chi connectivity index (χ0v) is 38.6. The van der Waals surface area contributed by atoms with Gasteiger partial charge in [-0.2, -0.15) is 0 Å². The van der Waals surface area contributed by atoms with Crippen LogP contribution >= 0.6 is 22.7 Å². The third-order valence-corrected chi connectivity index (χ3v) is 14.1. The van der Waals surface area contributed by atoms with Gasteiger partial charge in [-0.05, 0) is 67.7 Å². The highest BCUT2D eigenvalue weighted by atomic mass is 32.1. The summed E-state index contributed by atoms with van der Waals surface area (Å²) in [5.74, 6) is -0.614. The quantitative estimate of drug-likeness (QED) is 0.130. The molecule has 2 aromatic carbocycles. The van der Waals surface area contributed by atoms with Crippen molar-refractivity contribution >= 4 is 63.7 Å². The molecule has 2 atom stereocenters. The summed E-state index contributed by atoms with van der Waals surface area (Å²) in [5.41, 5.74) is 3.08. The fraction of sp³-hybridized carbons (Fsp3) is 0.479. The third-order valence-electron chi connectivity index (χ3n) is 11.8. The number of ether oxygens (including phenoxy) is 4. The van der Waals surface area contributed by atoms with Gasteiger partial charge in [0.25, 0.3) is 0 Å². The first kappa shape index (κ1) is 47.4. The van der Waals surface area contributed by atoms with Gasteiger partial charge in [-0.3, -0.25) is 19.3 Å². The van der Waals surface area contributed by atoms with Gasteiger partial charge >= 0.3 is 11.9 Å². The van der Waals surface area contributed by atoms with Crippen molar-refractivity contribution in [2.45, 2.75) is 71.4 Å². The summed E-state index contributed by atoms with van der Waals surface area (Å²) in [7, 11) is 2.71. The molecule has 1 saturated carbocycles. The highest BCUT2D eigenvalue weighted by molar-refractivity contribution is 7.18. The molecule has 3 fully saturated rings. The van der Waals surface area contributed by atoms with E-state index in [0.29, 0.717) is 92.5 Å². The lowest BCUT2D eigenvalue weighted by molar-refractivity contribution is -0.139. The molecule has 63 heavy (non-hydrogen) atoms. The summed E-state index contributed by atoms with van der Waals surface area (Å²) in [5, 5.41) is 3.28. The van der Waals surface area contributed by atoms with Gasteiger partial charge in [-0.1, -0.05) is 81.4 Å². The predicted octanol–water partition coefficient (Wildman–Crippen LogP) is 8.25. The molecular formula is C48H60N4O9S2. The van der Waals surface area contributed by atoms with E-state index in [9.17, 15) is 24.0 Å². The standard InChI is InChI=1S/C28H36N2O5S.C20H24N2O4S/c1-4-22(27(32)29-14-16-35-17-15-29)30(26(31)21-12-10-19(2)11-13-21)23-18-24(20-8-6-5-7-9-20)36-25(23)28(33)34-3;1-3-15(19(23)22-9-11-26-12-10-22)21-16-13-17(14-7-5-4-6-8-14)27-18(16)20(24)25-2/h5-9,18-19,21-22H,4,10-17H2,1-3H3;4-8,13,15,21H,3,9-12H2,1-2H3/t19?,21?,22-;15-/m00/s1. The number of nitrogens with zero attached hydrogens (tertiary/aromatic N) is 3. The molecule has 7 rings (SSSR count). The van der Waals surface area contributed by atoms with Gasteiger partial charge in [0.15, 0.2) is 0 Å². The van der Waals surface area contributed by atoms with E-state index < -0.39 is 24.0 Å². The van der Waals surface area contributed by atoms with Crippen molar-refractivity contribution in [3.8, 4) is 20.9 Å². The number of amides is 3. The average molecular weight is 901 g/mol. The summed E-state index contributed by atoms with van der Waals surface area (Å²) in [6.07, 6.45) is 4.63. The van der Waals surface area contributed by atoms with Crippen LogP contribution in [0.1, 0.15) is 78.6 Å². The number of morpholine rings is 2. The van der Waals surface area contributed by atoms with E-state index in [1.165, 1.54) is 36.9 Å². The molecule has 2 saturated heterocycles. The van der Waals surface area contributed by atoms with Gasteiger partial charge in [0, 0.05) is 41.9 Å². The summed E-state index contributed by atoms with van der Waals surface area (Å²) < 4.78 is 20.8. The van der Waals surface area contributed by atoms with E-state index in [0.717, 1.165) is 46.6 Å². The van der Waals surface area contributed by atoms with Crippen molar-refractivity contribution < 1.29 is 42.9 Å². The minimum atomic E-state index is -0.698. The van der Waals surface area contributed by atoms with Crippen LogP contribution in [0.25, 0.3) is 20.9 Å². The summed E-state index contributed by atoms with van der Waals surface area (Å²) in [6, 6.07) is 22.3. The van der Waals surface area contributed by atoms with Crippen LogP contribution in [0.4, 0.5) is 11.4 Å². The summed E-state index contributed by atoms with van der Waals surface area (Å²) in [4.78, 5) is 73.9. The minimum Gasteiger partial charge on any atom is -0.465 e. The molecule has 3 amide bonds. The van der Waals surface area contributed by atoms with E-state index in [1.807, 2.05) is 91.5 Å². The molecule has 4 aromatic rings. The first-order valence-electron chi connectivity index (χ1n) is 22.0. The van der Waals surface area contributed by atoms with Crippen molar-refractivity contribution in [2.24, 2.45) is 11.8 Å². The van der Waals surface area contributed by atoms with E-state index in [2.05, 4.69) is 12.2 Å². The molecule has 2 aliphatic heterocycles. The SMILES string of the molecule is CC[C@@H](C(=O)N1CCOCC1)N(C(=O)C1CCC(C)CC1)c1cc(-c2ccccc2)sc1C(=O)OC.CC[C@H](Nc1cc(-c2ccccc2)sc1C(=O)OC)C(=O)N1CCOCC1. The normalized spacial score (nSPS) is 18.6.